The second-order valence-corrected chi connectivity index (χ2v) is 7.45. The van der Waals surface area contributed by atoms with E-state index in [9.17, 15) is 4.79 Å². The third-order valence-electron chi connectivity index (χ3n) is 5.42. The van der Waals surface area contributed by atoms with Gasteiger partial charge in [-0.25, -0.2) is 0 Å². The number of aromatic nitrogens is 4. The molecule has 0 aromatic carbocycles. The van der Waals surface area contributed by atoms with E-state index in [1.807, 2.05) is 25.8 Å². The zero-order valence-corrected chi connectivity index (χ0v) is 15.2. The van der Waals surface area contributed by atoms with Crippen LogP contribution in [0.1, 0.15) is 65.1 Å². The molecule has 0 radical (unpaired) electrons. The maximum absolute atomic E-state index is 13.0. The molecule has 2 aliphatic rings. The molecule has 0 N–H and O–H groups in total. The highest BCUT2D eigenvalue weighted by molar-refractivity contribution is 5.96. The molecule has 1 atom stereocenters. The molecule has 25 heavy (non-hydrogen) atoms. The minimum absolute atomic E-state index is 0.0944. The molecule has 1 unspecified atom stereocenters. The third-order valence-corrected chi connectivity index (χ3v) is 5.42. The second kappa shape index (κ2) is 6.28. The molecule has 1 saturated carbocycles. The van der Waals surface area contributed by atoms with Crippen LogP contribution in [0, 0.1) is 19.8 Å². The van der Waals surface area contributed by atoms with E-state index in [-0.39, 0.29) is 5.91 Å². The molecular formula is C18H25N5O2. The lowest BCUT2D eigenvalue weighted by atomic mass is 9.94. The molecule has 7 nitrogen and oxygen atoms in total. The van der Waals surface area contributed by atoms with Crippen molar-refractivity contribution in [1.82, 2.24) is 24.8 Å². The van der Waals surface area contributed by atoms with Crippen molar-refractivity contribution < 1.29 is 9.32 Å². The summed E-state index contributed by atoms with van der Waals surface area (Å²) >= 11 is 0. The normalized spacial score (nSPS) is 20.9. The Kier molecular flexibility index (Phi) is 4.09. The SMILES string of the molecule is Cc1nn(C)c(C)c1C(=O)N1CCCC(Cc2nc(C3CC3)no2)C1. The Labute approximate surface area is 147 Å². The molecule has 1 aliphatic heterocycles. The van der Waals surface area contributed by atoms with Crippen molar-refractivity contribution in [3.05, 3.63) is 28.7 Å². The average Bonchev–Trinajstić information content (AvgIpc) is 3.29. The van der Waals surface area contributed by atoms with Crippen LogP contribution in [-0.2, 0) is 13.5 Å². The summed E-state index contributed by atoms with van der Waals surface area (Å²) in [5, 5.41) is 8.47. The number of carbonyl (C=O) groups is 1. The van der Waals surface area contributed by atoms with Gasteiger partial charge < -0.3 is 9.42 Å². The molecule has 1 aliphatic carbocycles. The predicted octanol–water partition coefficient (Wildman–Crippen LogP) is 2.39. The largest absolute Gasteiger partial charge is 0.339 e. The van der Waals surface area contributed by atoms with Crippen molar-refractivity contribution in [3.8, 4) is 0 Å². The number of likely N-dealkylation sites (tertiary alicyclic amines) is 1. The second-order valence-electron chi connectivity index (χ2n) is 7.45. The van der Waals surface area contributed by atoms with Gasteiger partial charge in [-0.15, -0.1) is 0 Å². The van der Waals surface area contributed by atoms with E-state index in [0.717, 1.165) is 61.0 Å². The molecule has 2 aromatic heterocycles. The van der Waals surface area contributed by atoms with Crippen molar-refractivity contribution in [1.29, 1.82) is 0 Å². The van der Waals surface area contributed by atoms with Crippen LogP contribution in [0.3, 0.4) is 0 Å². The first-order valence-electron chi connectivity index (χ1n) is 9.15. The number of rotatable bonds is 4. The van der Waals surface area contributed by atoms with Crippen LogP contribution in [0.2, 0.25) is 0 Å². The number of nitrogens with zero attached hydrogens (tertiary/aromatic N) is 5. The summed E-state index contributed by atoms with van der Waals surface area (Å²) in [6, 6.07) is 0. The van der Waals surface area contributed by atoms with Crippen LogP contribution in [0.4, 0.5) is 0 Å². The number of piperidine rings is 1. The van der Waals surface area contributed by atoms with E-state index in [4.69, 9.17) is 4.52 Å². The van der Waals surface area contributed by atoms with Gasteiger partial charge in [-0.2, -0.15) is 10.1 Å². The van der Waals surface area contributed by atoms with Crippen molar-refractivity contribution in [3.63, 3.8) is 0 Å². The molecule has 3 heterocycles. The minimum Gasteiger partial charge on any atom is -0.339 e. The van der Waals surface area contributed by atoms with Gasteiger partial charge >= 0.3 is 0 Å². The molecular weight excluding hydrogens is 318 g/mol. The molecule has 0 bridgehead atoms. The van der Waals surface area contributed by atoms with E-state index in [2.05, 4.69) is 15.2 Å². The minimum atomic E-state index is 0.0944. The number of amides is 1. The predicted molar refractivity (Wildman–Crippen MR) is 91.3 cm³/mol. The first-order chi connectivity index (χ1) is 12.0. The topological polar surface area (TPSA) is 77.1 Å². The van der Waals surface area contributed by atoms with Gasteiger partial charge in [-0.1, -0.05) is 5.16 Å². The highest BCUT2D eigenvalue weighted by Gasteiger charge is 2.31. The highest BCUT2D eigenvalue weighted by Crippen LogP contribution is 2.38. The summed E-state index contributed by atoms with van der Waals surface area (Å²) in [6.45, 7) is 5.40. The summed E-state index contributed by atoms with van der Waals surface area (Å²) < 4.78 is 7.19. The van der Waals surface area contributed by atoms with Gasteiger partial charge in [0.05, 0.1) is 11.3 Å². The van der Waals surface area contributed by atoms with E-state index < -0.39 is 0 Å². The van der Waals surface area contributed by atoms with Gasteiger partial charge in [-0.3, -0.25) is 9.48 Å². The standard InChI is InChI=1S/C18H25N5O2/c1-11-16(12(2)22(3)20-11)18(24)23-8-4-5-13(10-23)9-15-19-17(21-25-15)14-6-7-14/h13-14H,4-10H2,1-3H3. The number of hydrogen-bond donors (Lipinski definition) is 0. The summed E-state index contributed by atoms with van der Waals surface area (Å²) in [5.41, 5.74) is 2.48. The quantitative estimate of drug-likeness (QED) is 0.852. The zero-order chi connectivity index (χ0) is 17.6. The summed E-state index contributed by atoms with van der Waals surface area (Å²) in [7, 11) is 1.88. The molecule has 1 saturated heterocycles. The maximum atomic E-state index is 13.0. The first kappa shape index (κ1) is 16.3. The van der Waals surface area contributed by atoms with Crippen LogP contribution in [-0.4, -0.2) is 43.8 Å². The Morgan fingerprint density at radius 2 is 2.08 bits per heavy atom. The lowest BCUT2D eigenvalue weighted by Crippen LogP contribution is -2.41. The van der Waals surface area contributed by atoms with Crippen LogP contribution in [0.25, 0.3) is 0 Å². The molecule has 1 amide bonds. The Balaban J connectivity index is 1.43. The first-order valence-corrected chi connectivity index (χ1v) is 9.15. The fourth-order valence-corrected chi connectivity index (χ4v) is 3.76. The Bertz CT molecular complexity index is 789. The van der Waals surface area contributed by atoms with E-state index in [0.29, 0.717) is 11.8 Å². The maximum Gasteiger partial charge on any atom is 0.257 e. The summed E-state index contributed by atoms with van der Waals surface area (Å²) in [4.78, 5) is 19.5. The number of hydrogen-bond acceptors (Lipinski definition) is 5. The van der Waals surface area contributed by atoms with E-state index in [1.165, 1.54) is 12.8 Å². The van der Waals surface area contributed by atoms with Gasteiger partial charge in [0.2, 0.25) is 5.89 Å². The molecule has 4 rings (SSSR count). The Hall–Kier alpha value is -2.18. The van der Waals surface area contributed by atoms with Gasteiger partial charge in [0.15, 0.2) is 5.82 Å². The fraction of sp³-hybridized carbons (Fsp3) is 0.667. The number of carbonyl (C=O) groups excluding carboxylic acids is 1. The highest BCUT2D eigenvalue weighted by atomic mass is 16.5. The van der Waals surface area contributed by atoms with Crippen LogP contribution >= 0.6 is 0 Å². The Morgan fingerprint density at radius 3 is 2.76 bits per heavy atom. The van der Waals surface area contributed by atoms with Crippen molar-refractivity contribution in [2.24, 2.45) is 13.0 Å². The third kappa shape index (κ3) is 3.19. The lowest BCUT2D eigenvalue weighted by Gasteiger charge is -2.32. The summed E-state index contributed by atoms with van der Waals surface area (Å²) in [5.74, 6) is 2.56. The average molecular weight is 343 g/mol. The molecule has 0 spiro atoms. The molecule has 2 fully saturated rings. The molecule has 134 valence electrons. The van der Waals surface area contributed by atoms with Crippen LogP contribution in [0.15, 0.2) is 4.52 Å². The molecule has 2 aromatic rings. The van der Waals surface area contributed by atoms with E-state index in [1.54, 1.807) is 4.68 Å². The van der Waals surface area contributed by atoms with Crippen molar-refractivity contribution in [2.75, 3.05) is 13.1 Å². The van der Waals surface area contributed by atoms with Gasteiger partial charge in [0.25, 0.3) is 5.91 Å². The molecule has 7 heteroatoms. The number of aryl methyl sites for hydroxylation is 2. The van der Waals surface area contributed by atoms with Crippen molar-refractivity contribution >= 4 is 5.91 Å². The van der Waals surface area contributed by atoms with Crippen LogP contribution < -0.4 is 0 Å². The fourth-order valence-electron chi connectivity index (χ4n) is 3.76. The Morgan fingerprint density at radius 1 is 1.28 bits per heavy atom. The van der Waals surface area contributed by atoms with Gasteiger partial charge in [0.1, 0.15) is 0 Å². The van der Waals surface area contributed by atoms with Gasteiger partial charge in [-0.05, 0) is 45.4 Å². The lowest BCUT2D eigenvalue weighted by molar-refractivity contribution is 0.0666. The van der Waals surface area contributed by atoms with Gasteiger partial charge in [0, 0.05) is 38.2 Å². The monoisotopic (exact) mass is 343 g/mol. The van der Waals surface area contributed by atoms with E-state index >= 15 is 0 Å². The zero-order valence-electron chi connectivity index (χ0n) is 15.2. The summed E-state index contributed by atoms with van der Waals surface area (Å²) in [6.07, 6.45) is 5.21. The smallest absolute Gasteiger partial charge is 0.257 e. The van der Waals surface area contributed by atoms with Crippen LogP contribution in [0.5, 0.6) is 0 Å². The van der Waals surface area contributed by atoms with Crippen molar-refractivity contribution in [2.45, 2.75) is 51.9 Å².